The predicted octanol–water partition coefficient (Wildman–Crippen LogP) is 3.00. The van der Waals surface area contributed by atoms with Crippen LogP contribution in [-0.2, 0) is 6.42 Å². The fraction of sp³-hybridized carbons (Fsp3) is 0.467. The summed E-state index contributed by atoms with van der Waals surface area (Å²) in [6.07, 6.45) is 0.539. The van der Waals surface area contributed by atoms with Crippen LogP contribution in [-0.4, -0.2) is 48.3 Å². The molecular weight excluding hydrogens is 375 g/mol. The monoisotopic (exact) mass is 392 g/mol. The third kappa shape index (κ3) is 4.74. The van der Waals surface area contributed by atoms with Gasteiger partial charge in [-0.1, -0.05) is 28.4 Å². The Hall–Kier alpha value is -1.05. The molecule has 1 aliphatic heterocycles. The van der Waals surface area contributed by atoms with Gasteiger partial charge in [-0.3, -0.25) is 4.90 Å². The lowest BCUT2D eigenvalue weighted by Gasteiger charge is -2.30. The van der Waals surface area contributed by atoms with Crippen molar-refractivity contribution in [3.05, 3.63) is 40.0 Å². The average molecular weight is 394 g/mol. The molecular formula is C15H19Cl3N4O2. The van der Waals surface area contributed by atoms with Crippen LogP contribution in [0.1, 0.15) is 17.8 Å². The quantitative estimate of drug-likeness (QED) is 0.842. The van der Waals surface area contributed by atoms with Gasteiger partial charge in [-0.2, -0.15) is 4.98 Å². The van der Waals surface area contributed by atoms with Crippen LogP contribution in [0, 0.1) is 0 Å². The summed E-state index contributed by atoms with van der Waals surface area (Å²) >= 11 is 11.8. The van der Waals surface area contributed by atoms with Gasteiger partial charge in [0.1, 0.15) is 5.75 Å². The highest BCUT2D eigenvalue weighted by Gasteiger charge is 2.25. The number of piperazine rings is 1. The molecule has 0 saturated carbocycles. The molecule has 6 nitrogen and oxygen atoms in total. The number of halogens is 3. The molecule has 1 saturated heterocycles. The maximum absolute atomic E-state index is 5.95. The summed E-state index contributed by atoms with van der Waals surface area (Å²) in [7, 11) is 2.06. The van der Waals surface area contributed by atoms with Crippen molar-refractivity contribution in [3.63, 3.8) is 0 Å². The second kappa shape index (κ2) is 8.87. The minimum atomic E-state index is 0. The van der Waals surface area contributed by atoms with Crippen molar-refractivity contribution in [2.45, 2.75) is 12.5 Å². The van der Waals surface area contributed by atoms with Gasteiger partial charge in [-0.25, -0.2) is 0 Å². The zero-order valence-corrected chi connectivity index (χ0v) is 15.5. The minimum Gasteiger partial charge on any atom is -0.493 e. The van der Waals surface area contributed by atoms with Crippen molar-refractivity contribution in [1.29, 1.82) is 0 Å². The van der Waals surface area contributed by atoms with Crippen LogP contribution in [0.2, 0.25) is 10.0 Å². The third-order valence-electron chi connectivity index (χ3n) is 3.77. The molecule has 2 heterocycles. The molecule has 1 unspecified atom stereocenters. The number of rotatable bonds is 5. The van der Waals surface area contributed by atoms with E-state index in [1.807, 2.05) is 0 Å². The Bertz CT molecular complexity index is 668. The largest absolute Gasteiger partial charge is 0.493 e. The van der Waals surface area contributed by atoms with Gasteiger partial charge in [0.25, 0.3) is 0 Å². The topological polar surface area (TPSA) is 63.4 Å². The second-order valence-electron chi connectivity index (χ2n) is 5.42. The Morgan fingerprint density at radius 3 is 2.96 bits per heavy atom. The van der Waals surface area contributed by atoms with E-state index in [-0.39, 0.29) is 18.4 Å². The molecule has 1 aliphatic rings. The lowest BCUT2D eigenvalue weighted by molar-refractivity contribution is 0.190. The maximum atomic E-state index is 5.95. The molecule has 1 atom stereocenters. The lowest BCUT2D eigenvalue weighted by Crippen LogP contribution is -2.44. The maximum Gasteiger partial charge on any atom is 0.230 e. The van der Waals surface area contributed by atoms with E-state index in [2.05, 4.69) is 27.4 Å². The van der Waals surface area contributed by atoms with Gasteiger partial charge in [0.05, 0.1) is 29.1 Å². The number of hydrogen-bond acceptors (Lipinski definition) is 6. The Labute approximate surface area is 156 Å². The van der Waals surface area contributed by atoms with Gasteiger partial charge in [-0.05, 0) is 19.2 Å². The molecule has 1 aromatic carbocycles. The average Bonchev–Trinajstić information content (AvgIpc) is 3.00. The molecule has 1 fully saturated rings. The van der Waals surface area contributed by atoms with E-state index in [1.54, 1.807) is 18.2 Å². The van der Waals surface area contributed by atoms with Crippen LogP contribution in [0.15, 0.2) is 22.7 Å². The van der Waals surface area contributed by atoms with Gasteiger partial charge >= 0.3 is 0 Å². The molecule has 3 rings (SSSR count). The molecule has 0 bridgehead atoms. The summed E-state index contributed by atoms with van der Waals surface area (Å²) in [4.78, 5) is 6.68. The van der Waals surface area contributed by atoms with Crippen LogP contribution in [0.4, 0.5) is 0 Å². The normalized spacial score (nSPS) is 18.2. The Balaban J connectivity index is 0.00000208. The summed E-state index contributed by atoms with van der Waals surface area (Å²) in [5, 5.41) is 8.39. The van der Waals surface area contributed by atoms with Crippen molar-refractivity contribution in [3.8, 4) is 5.75 Å². The molecule has 1 aromatic heterocycles. The van der Waals surface area contributed by atoms with Gasteiger partial charge in [0.2, 0.25) is 5.89 Å². The van der Waals surface area contributed by atoms with Crippen molar-refractivity contribution in [1.82, 2.24) is 20.4 Å². The van der Waals surface area contributed by atoms with E-state index < -0.39 is 0 Å². The van der Waals surface area contributed by atoms with Crippen LogP contribution in [0.3, 0.4) is 0 Å². The molecule has 1 N–H and O–H groups in total. The van der Waals surface area contributed by atoms with Crippen LogP contribution >= 0.6 is 35.6 Å². The van der Waals surface area contributed by atoms with E-state index in [0.717, 1.165) is 19.6 Å². The highest BCUT2D eigenvalue weighted by Crippen LogP contribution is 2.26. The molecule has 132 valence electrons. The highest BCUT2D eigenvalue weighted by molar-refractivity contribution is 6.42. The molecule has 0 aliphatic carbocycles. The summed E-state index contributed by atoms with van der Waals surface area (Å²) in [6.45, 7) is 3.21. The number of benzene rings is 1. The van der Waals surface area contributed by atoms with Crippen molar-refractivity contribution in [2.75, 3.05) is 33.3 Å². The second-order valence-corrected chi connectivity index (χ2v) is 6.24. The van der Waals surface area contributed by atoms with Gasteiger partial charge in [-0.15, -0.1) is 12.4 Å². The predicted molar refractivity (Wildman–Crippen MR) is 95.4 cm³/mol. The number of likely N-dealkylation sites (N-methyl/N-ethyl adjacent to an activating group) is 1. The van der Waals surface area contributed by atoms with Crippen molar-refractivity contribution in [2.24, 2.45) is 0 Å². The number of nitrogens with zero attached hydrogens (tertiary/aromatic N) is 3. The summed E-state index contributed by atoms with van der Waals surface area (Å²) < 4.78 is 10.9. The zero-order chi connectivity index (χ0) is 16.2. The summed E-state index contributed by atoms with van der Waals surface area (Å²) in [6, 6.07) is 5.31. The van der Waals surface area contributed by atoms with Crippen molar-refractivity contribution < 1.29 is 9.26 Å². The first-order chi connectivity index (χ1) is 11.1. The number of nitrogens with one attached hydrogen (secondary N) is 1. The van der Waals surface area contributed by atoms with Crippen LogP contribution < -0.4 is 10.1 Å². The molecule has 0 spiro atoms. The number of hydrogen-bond donors (Lipinski definition) is 1. The molecule has 24 heavy (non-hydrogen) atoms. The van der Waals surface area contributed by atoms with Gasteiger partial charge in [0.15, 0.2) is 5.82 Å². The van der Waals surface area contributed by atoms with Gasteiger partial charge in [0, 0.05) is 25.7 Å². The lowest BCUT2D eigenvalue weighted by atomic mass is 10.2. The molecule has 2 aromatic rings. The van der Waals surface area contributed by atoms with Crippen LogP contribution in [0.25, 0.3) is 0 Å². The van der Waals surface area contributed by atoms with E-state index in [9.17, 15) is 0 Å². The summed E-state index contributed by atoms with van der Waals surface area (Å²) in [5.41, 5.74) is 0. The van der Waals surface area contributed by atoms with Gasteiger partial charge < -0.3 is 14.6 Å². The molecule has 0 radical (unpaired) electrons. The van der Waals surface area contributed by atoms with Crippen molar-refractivity contribution >= 4 is 35.6 Å². The zero-order valence-electron chi connectivity index (χ0n) is 13.2. The fourth-order valence-electron chi connectivity index (χ4n) is 2.42. The summed E-state index contributed by atoms with van der Waals surface area (Å²) in [5.74, 6) is 1.94. The Morgan fingerprint density at radius 1 is 1.38 bits per heavy atom. The first kappa shape index (κ1) is 19.3. The Morgan fingerprint density at radius 2 is 2.21 bits per heavy atom. The first-order valence-corrected chi connectivity index (χ1v) is 8.20. The SMILES string of the molecule is CN1CCNCC1c1noc(CCOc2ccc(Cl)c(Cl)c2)n1.Cl. The molecule has 9 heteroatoms. The third-order valence-corrected chi connectivity index (χ3v) is 4.51. The molecule has 0 amide bonds. The van der Waals surface area contributed by atoms with Crippen LogP contribution in [0.5, 0.6) is 5.75 Å². The van der Waals surface area contributed by atoms with E-state index in [4.69, 9.17) is 32.5 Å². The fourth-order valence-corrected chi connectivity index (χ4v) is 2.71. The van der Waals surface area contributed by atoms with E-state index in [1.165, 1.54) is 0 Å². The minimum absolute atomic E-state index is 0. The standard InChI is InChI=1S/C15H18Cl2N4O2.ClH/c1-21-6-5-18-9-13(21)15-19-14(23-20-15)4-7-22-10-2-3-11(16)12(17)8-10;/h2-3,8,13,18H,4-7,9H2,1H3;1H. The van der Waals surface area contributed by atoms with E-state index in [0.29, 0.717) is 40.5 Å². The number of ether oxygens (including phenoxy) is 1. The number of aromatic nitrogens is 2. The Kier molecular flexibility index (Phi) is 7.13. The highest BCUT2D eigenvalue weighted by atomic mass is 35.5. The van der Waals surface area contributed by atoms with E-state index >= 15 is 0 Å². The first-order valence-electron chi connectivity index (χ1n) is 7.45. The smallest absolute Gasteiger partial charge is 0.230 e.